The Bertz CT molecular complexity index is 558. The number of carboxylic acid groups (broad SMARTS) is 1. The van der Waals surface area contributed by atoms with Gasteiger partial charge in [0.15, 0.2) is 5.69 Å². The molecule has 3 amide bonds. The van der Waals surface area contributed by atoms with Gasteiger partial charge >= 0.3 is 12.0 Å². The second-order valence-corrected chi connectivity index (χ2v) is 5.45. The minimum atomic E-state index is -1.20. The van der Waals surface area contributed by atoms with E-state index in [2.05, 4.69) is 20.9 Å². The molecule has 21 heavy (non-hydrogen) atoms. The average molecular weight is 297 g/mol. The van der Waals surface area contributed by atoms with Crippen molar-refractivity contribution >= 4 is 17.9 Å². The first-order chi connectivity index (χ1) is 9.64. The molecular formula is C12H19N5O4. The number of aromatic carboxylic acids is 1. The first-order valence-electron chi connectivity index (χ1n) is 6.41. The van der Waals surface area contributed by atoms with Gasteiger partial charge in [0.2, 0.25) is 5.91 Å². The first kappa shape index (κ1) is 16.6. The van der Waals surface area contributed by atoms with Crippen molar-refractivity contribution in [1.29, 1.82) is 0 Å². The summed E-state index contributed by atoms with van der Waals surface area (Å²) in [6.07, 6.45) is 0.357. The fourth-order valence-electron chi connectivity index (χ4n) is 1.65. The number of carboxylic acids is 1. The summed E-state index contributed by atoms with van der Waals surface area (Å²) in [6.45, 7) is 6.79. The van der Waals surface area contributed by atoms with E-state index in [1.807, 2.05) is 0 Å². The van der Waals surface area contributed by atoms with Crippen LogP contribution in [0.15, 0.2) is 0 Å². The van der Waals surface area contributed by atoms with E-state index in [0.717, 1.165) is 0 Å². The first-order valence-corrected chi connectivity index (χ1v) is 6.41. The summed E-state index contributed by atoms with van der Waals surface area (Å²) in [5.74, 6) is -1.81. The van der Waals surface area contributed by atoms with E-state index in [1.165, 1.54) is 4.68 Å². The Kier molecular flexibility index (Phi) is 5.01. The van der Waals surface area contributed by atoms with Gasteiger partial charge < -0.3 is 10.4 Å². The number of aromatic nitrogens is 3. The highest BCUT2D eigenvalue weighted by Gasteiger charge is 2.20. The molecule has 0 atom stereocenters. The molecule has 1 aromatic rings. The molecule has 0 saturated carbocycles. The van der Waals surface area contributed by atoms with Crippen LogP contribution in [-0.4, -0.2) is 43.5 Å². The molecule has 0 aliphatic carbocycles. The summed E-state index contributed by atoms with van der Waals surface area (Å²) in [4.78, 5) is 34.2. The number of urea groups is 1. The molecule has 0 aliphatic rings. The number of nitrogens with zero attached hydrogens (tertiary/aromatic N) is 3. The van der Waals surface area contributed by atoms with Gasteiger partial charge in [-0.15, -0.1) is 5.10 Å². The number of hydrogen-bond acceptors (Lipinski definition) is 5. The fraction of sp³-hybridized carbons (Fsp3) is 0.583. The number of rotatable bonds is 4. The zero-order valence-corrected chi connectivity index (χ0v) is 12.4. The van der Waals surface area contributed by atoms with Crippen molar-refractivity contribution in [2.24, 2.45) is 0 Å². The topological polar surface area (TPSA) is 126 Å². The Hall–Kier alpha value is -2.45. The quantitative estimate of drug-likeness (QED) is 0.727. The predicted octanol–water partition coefficient (Wildman–Crippen LogP) is 0.163. The minimum Gasteiger partial charge on any atom is -0.476 e. The lowest BCUT2D eigenvalue weighted by Gasteiger charge is -2.20. The zero-order chi connectivity index (χ0) is 16.2. The molecular weight excluding hydrogens is 278 g/mol. The van der Waals surface area contributed by atoms with Crippen LogP contribution >= 0.6 is 0 Å². The summed E-state index contributed by atoms with van der Waals surface area (Å²) >= 11 is 0. The average Bonchev–Trinajstić information content (AvgIpc) is 2.68. The van der Waals surface area contributed by atoms with Crippen molar-refractivity contribution in [3.8, 4) is 0 Å². The number of hydrogen-bond donors (Lipinski definition) is 3. The monoisotopic (exact) mass is 297 g/mol. The molecule has 9 nitrogen and oxygen atoms in total. The summed E-state index contributed by atoms with van der Waals surface area (Å²) in [7, 11) is 0. The van der Waals surface area contributed by atoms with Crippen molar-refractivity contribution < 1.29 is 19.5 Å². The van der Waals surface area contributed by atoms with Gasteiger partial charge in [-0.1, -0.05) is 12.1 Å². The molecule has 0 saturated heterocycles. The molecule has 0 spiro atoms. The summed E-state index contributed by atoms with van der Waals surface area (Å²) < 4.78 is 1.17. The van der Waals surface area contributed by atoms with E-state index in [1.54, 1.807) is 27.7 Å². The van der Waals surface area contributed by atoms with E-state index in [0.29, 0.717) is 12.1 Å². The highest BCUT2D eigenvalue weighted by Crippen LogP contribution is 2.06. The summed E-state index contributed by atoms with van der Waals surface area (Å²) in [5.41, 5.74) is -0.332. The number of imide groups is 1. The minimum absolute atomic E-state index is 0.190. The predicted molar refractivity (Wildman–Crippen MR) is 72.8 cm³/mol. The lowest BCUT2D eigenvalue weighted by molar-refractivity contribution is -0.120. The van der Waals surface area contributed by atoms with Gasteiger partial charge in [0.1, 0.15) is 6.54 Å². The van der Waals surface area contributed by atoms with Gasteiger partial charge in [-0.2, -0.15) is 0 Å². The van der Waals surface area contributed by atoms with Crippen molar-refractivity contribution in [2.75, 3.05) is 0 Å². The van der Waals surface area contributed by atoms with Crippen LogP contribution in [0.25, 0.3) is 0 Å². The number of nitrogens with one attached hydrogen (secondary N) is 2. The Morgan fingerprint density at radius 2 is 1.90 bits per heavy atom. The molecule has 0 aromatic carbocycles. The van der Waals surface area contributed by atoms with Crippen LogP contribution in [0.4, 0.5) is 4.79 Å². The van der Waals surface area contributed by atoms with Crippen molar-refractivity contribution in [1.82, 2.24) is 25.6 Å². The van der Waals surface area contributed by atoms with Crippen molar-refractivity contribution in [3.05, 3.63) is 11.4 Å². The van der Waals surface area contributed by atoms with E-state index < -0.39 is 23.4 Å². The van der Waals surface area contributed by atoms with Gasteiger partial charge in [-0.3, -0.25) is 10.1 Å². The van der Waals surface area contributed by atoms with Crippen molar-refractivity contribution in [3.63, 3.8) is 0 Å². The van der Waals surface area contributed by atoms with Gasteiger partial charge in [0.05, 0.1) is 5.69 Å². The van der Waals surface area contributed by atoms with Gasteiger partial charge in [0, 0.05) is 5.54 Å². The molecule has 0 radical (unpaired) electrons. The smallest absolute Gasteiger partial charge is 0.358 e. The molecule has 0 unspecified atom stereocenters. The van der Waals surface area contributed by atoms with Crippen LogP contribution in [-0.2, 0) is 17.8 Å². The maximum absolute atomic E-state index is 11.7. The SMILES string of the molecule is CCc1c(C(=O)O)nnn1CC(=O)NC(=O)NC(C)(C)C. The van der Waals surface area contributed by atoms with E-state index in [4.69, 9.17) is 5.11 Å². The molecule has 1 heterocycles. The summed E-state index contributed by atoms with van der Waals surface area (Å²) in [6, 6.07) is -0.621. The van der Waals surface area contributed by atoms with E-state index in [9.17, 15) is 14.4 Å². The largest absolute Gasteiger partial charge is 0.476 e. The van der Waals surface area contributed by atoms with Crippen LogP contribution in [0, 0.1) is 0 Å². The van der Waals surface area contributed by atoms with E-state index in [-0.39, 0.29) is 12.2 Å². The number of amides is 3. The summed E-state index contributed by atoms with van der Waals surface area (Å²) in [5, 5.41) is 20.8. The molecule has 1 rings (SSSR count). The normalized spacial score (nSPS) is 11.0. The second kappa shape index (κ2) is 6.33. The van der Waals surface area contributed by atoms with E-state index >= 15 is 0 Å². The molecule has 0 aliphatic heterocycles. The third kappa shape index (κ3) is 4.86. The second-order valence-electron chi connectivity index (χ2n) is 5.45. The van der Waals surface area contributed by atoms with Gasteiger partial charge in [0.25, 0.3) is 0 Å². The third-order valence-corrected chi connectivity index (χ3v) is 2.41. The maximum Gasteiger partial charge on any atom is 0.358 e. The van der Waals surface area contributed by atoms with Crippen molar-refractivity contribution in [2.45, 2.75) is 46.2 Å². The Morgan fingerprint density at radius 3 is 2.38 bits per heavy atom. The third-order valence-electron chi connectivity index (χ3n) is 2.41. The Labute approximate surface area is 121 Å². The zero-order valence-electron chi connectivity index (χ0n) is 12.4. The van der Waals surface area contributed by atoms with Gasteiger partial charge in [-0.05, 0) is 27.2 Å². The van der Waals surface area contributed by atoms with Crippen LogP contribution in [0.1, 0.15) is 43.9 Å². The van der Waals surface area contributed by atoms with Crippen LogP contribution in [0.5, 0.6) is 0 Å². The molecule has 116 valence electrons. The molecule has 3 N–H and O–H groups in total. The maximum atomic E-state index is 11.7. The molecule has 1 aromatic heterocycles. The Morgan fingerprint density at radius 1 is 1.29 bits per heavy atom. The Balaban J connectivity index is 2.72. The van der Waals surface area contributed by atoms with Crippen LogP contribution in [0.3, 0.4) is 0 Å². The number of carbonyl (C=O) groups is 3. The lowest BCUT2D eigenvalue weighted by atomic mass is 10.1. The molecule has 0 fully saturated rings. The highest BCUT2D eigenvalue weighted by molar-refractivity contribution is 5.94. The lowest BCUT2D eigenvalue weighted by Crippen LogP contribution is -2.49. The molecule has 9 heteroatoms. The standard InChI is InChI=1S/C12H19N5O4/c1-5-7-9(10(19)20)15-16-17(7)6-8(18)13-11(21)14-12(2,3)4/h5-6H2,1-4H3,(H,19,20)(H2,13,14,18,21). The van der Waals surface area contributed by atoms with Crippen LogP contribution < -0.4 is 10.6 Å². The molecule has 0 bridgehead atoms. The van der Waals surface area contributed by atoms with Gasteiger partial charge in [-0.25, -0.2) is 14.3 Å². The number of carbonyl (C=O) groups excluding carboxylic acids is 2. The van der Waals surface area contributed by atoms with Crippen LogP contribution in [0.2, 0.25) is 0 Å². The fourth-order valence-corrected chi connectivity index (χ4v) is 1.65. The highest BCUT2D eigenvalue weighted by atomic mass is 16.4.